The molecule has 1 heterocycles. The van der Waals surface area contributed by atoms with Crippen molar-refractivity contribution >= 4 is 5.97 Å². The first-order valence-corrected chi connectivity index (χ1v) is 3.74. The van der Waals surface area contributed by atoms with Crippen molar-refractivity contribution in [3.63, 3.8) is 0 Å². The van der Waals surface area contributed by atoms with Gasteiger partial charge in [0.15, 0.2) is 12.4 Å². The first kappa shape index (κ1) is 10.4. The van der Waals surface area contributed by atoms with Gasteiger partial charge in [0.1, 0.15) is 12.2 Å². The van der Waals surface area contributed by atoms with Crippen molar-refractivity contribution in [2.75, 3.05) is 14.2 Å². The van der Waals surface area contributed by atoms with E-state index in [0.717, 1.165) is 0 Å². The van der Waals surface area contributed by atoms with Crippen molar-refractivity contribution in [2.24, 2.45) is 0 Å². The van der Waals surface area contributed by atoms with Gasteiger partial charge in [-0.2, -0.15) is 0 Å². The van der Waals surface area contributed by atoms with Crippen LogP contribution in [0.15, 0.2) is 0 Å². The molecule has 0 amide bonds. The Hall–Kier alpha value is -0.690. The van der Waals surface area contributed by atoms with Crippen LogP contribution in [0.4, 0.5) is 0 Å². The Morgan fingerprint density at radius 1 is 1.31 bits per heavy atom. The molecule has 4 atom stereocenters. The molecule has 0 unspecified atom stereocenters. The lowest BCUT2D eigenvalue weighted by Gasteiger charge is -2.11. The number of ether oxygens (including phenoxy) is 3. The summed E-state index contributed by atoms with van der Waals surface area (Å²) in [5.74, 6) is -0.730. The highest BCUT2D eigenvalue weighted by atomic mass is 16.7. The van der Waals surface area contributed by atoms with Crippen LogP contribution in [-0.2, 0) is 19.0 Å². The lowest BCUT2D eigenvalue weighted by molar-refractivity contribution is -0.174. The van der Waals surface area contributed by atoms with Gasteiger partial charge >= 0.3 is 5.97 Å². The molecular weight excluding hydrogens is 180 g/mol. The van der Waals surface area contributed by atoms with E-state index in [9.17, 15) is 15.0 Å². The largest absolute Gasteiger partial charge is 0.467 e. The van der Waals surface area contributed by atoms with E-state index in [1.165, 1.54) is 14.2 Å². The molecule has 0 bridgehead atoms. The Morgan fingerprint density at radius 3 is 2.31 bits per heavy atom. The molecule has 0 aliphatic carbocycles. The number of carbonyl (C=O) groups excluding carboxylic acids is 1. The second-order valence-electron chi connectivity index (χ2n) is 2.67. The van der Waals surface area contributed by atoms with Gasteiger partial charge in [-0.15, -0.1) is 0 Å². The third kappa shape index (κ3) is 1.80. The lowest BCUT2D eigenvalue weighted by Crippen LogP contribution is -2.37. The van der Waals surface area contributed by atoms with Crippen molar-refractivity contribution in [1.82, 2.24) is 0 Å². The van der Waals surface area contributed by atoms with E-state index in [0.29, 0.717) is 0 Å². The van der Waals surface area contributed by atoms with E-state index < -0.39 is 30.6 Å². The smallest absolute Gasteiger partial charge is 0.337 e. The van der Waals surface area contributed by atoms with Gasteiger partial charge in [-0.3, -0.25) is 0 Å². The summed E-state index contributed by atoms with van der Waals surface area (Å²) in [6.45, 7) is 0. The van der Waals surface area contributed by atoms with Crippen LogP contribution in [0.2, 0.25) is 0 Å². The average Bonchev–Trinajstić information content (AvgIpc) is 2.43. The summed E-state index contributed by atoms with van der Waals surface area (Å²) in [5.41, 5.74) is 0. The van der Waals surface area contributed by atoms with Crippen molar-refractivity contribution in [3.05, 3.63) is 0 Å². The number of aliphatic hydroxyl groups is 2. The normalized spacial score (nSPS) is 39.1. The van der Waals surface area contributed by atoms with E-state index in [1.807, 2.05) is 0 Å². The molecule has 2 N–H and O–H groups in total. The maximum Gasteiger partial charge on any atom is 0.337 e. The Morgan fingerprint density at radius 2 is 1.92 bits per heavy atom. The van der Waals surface area contributed by atoms with Gasteiger partial charge < -0.3 is 24.4 Å². The predicted molar refractivity (Wildman–Crippen MR) is 39.7 cm³/mol. The Kier molecular flexibility index (Phi) is 3.21. The summed E-state index contributed by atoms with van der Waals surface area (Å²) < 4.78 is 13.9. The van der Waals surface area contributed by atoms with Gasteiger partial charge in [0, 0.05) is 7.11 Å². The number of methoxy groups -OCH3 is 2. The minimum absolute atomic E-state index is 0.730. The molecule has 1 rings (SSSR count). The summed E-state index contributed by atoms with van der Waals surface area (Å²) in [7, 11) is 2.48. The van der Waals surface area contributed by atoms with Crippen LogP contribution in [0, 0.1) is 0 Å². The standard InChI is InChI=1S/C7H12O6/c1-11-6(10)5-3(8)4(9)7(12-2)13-5/h3-5,7-9H,1-2H3/t3-,4+,5-,7+/m0/s1. The zero-order valence-electron chi connectivity index (χ0n) is 7.34. The fraction of sp³-hybridized carbons (Fsp3) is 0.857. The molecule has 6 nitrogen and oxygen atoms in total. The van der Waals surface area contributed by atoms with Gasteiger partial charge in [-0.05, 0) is 0 Å². The highest BCUT2D eigenvalue weighted by Crippen LogP contribution is 2.22. The molecule has 13 heavy (non-hydrogen) atoms. The fourth-order valence-corrected chi connectivity index (χ4v) is 1.15. The maximum atomic E-state index is 11.0. The molecule has 0 aromatic rings. The van der Waals surface area contributed by atoms with Crippen LogP contribution < -0.4 is 0 Å². The molecule has 0 radical (unpaired) electrons. The highest BCUT2D eigenvalue weighted by Gasteiger charge is 2.47. The number of hydrogen-bond donors (Lipinski definition) is 2. The van der Waals surface area contributed by atoms with Crippen molar-refractivity contribution in [3.8, 4) is 0 Å². The third-order valence-corrected chi connectivity index (χ3v) is 1.89. The molecule has 0 saturated carbocycles. The molecule has 1 saturated heterocycles. The van der Waals surface area contributed by atoms with Gasteiger partial charge in [0.05, 0.1) is 7.11 Å². The van der Waals surface area contributed by atoms with Gasteiger partial charge in [-0.25, -0.2) is 4.79 Å². The van der Waals surface area contributed by atoms with E-state index in [-0.39, 0.29) is 0 Å². The number of carbonyl (C=O) groups is 1. The minimum atomic E-state index is -1.31. The average molecular weight is 192 g/mol. The van der Waals surface area contributed by atoms with E-state index in [1.54, 1.807) is 0 Å². The molecule has 0 aromatic heterocycles. The maximum absolute atomic E-state index is 11.0. The quantitative estimate of drug-likeness (QED) is 0.505. The van der Waals surface area contributed by atoms with Crippen LogP contribution in [0.5, 0.6) is 0 Å². The van der Waals surface area contributed by atoms with E-state index in [2.05, 4.69) is 9.47 Å². The zero-order chi connectivity index (χ0) is 10.0. The van der Waals surface area contributed by atoms with E-state index in [4.69, 9.17) is 4.74 Å². The summed E-state index contributed by atoms with van der Waals surface area (Å²) in [6.07, 6.45) is -4.70. The molecule has 76 valence electrons. The van der Waals surface area contributed by atoms with Gasteiger partial charge in [-0.1, -0.05) is 0 Å². The molecule has 0 aromatic carbocycles. The fourth-order valence-electron chi connectivity index (χ4n) is 1.15. The van der Waals surface area contributed by atoms with Crippen molar-refractivity contribution in [2.45, 2.75) is 24.6 Å². The summed E-state index contributed by atoms with van der Waals surface area (Å²) in [4.78, 5) is 11.0. The first-order chi connectivity index (χ1) is 6.11. The zero-order valence-corrected chi connectivity index (χ0v) is 7.34. The van der Waals surface area contributed by atoms with E-state index >= 15 is 0 Å². The van der Waals surface area contributed by atoms with Crippen LogP contribution >= 0.6 is 0 Å². The van der Waals surface area contributed by atoms with Crippen LogP contribution in [0.1, 0.15) is 0 Å². The predicted octanol–water partition coefficient (Wildman–Crippen LogP) is -1.75. The van der Waals surface area contributed by atoms with Crippen LogP contribution in [0.3, 0.4) is 0 Å². The van der Waals surface area contributed by atoms with Crippen molar-refractivity contribution < 1.29 is 29.2 Å². The summed E-state index contributed by atoms with van der Waals surface area (Å²) in [5, 5.41) is 18.6. The summed E-state index contributed by atoms with van der Waals surface area (Å²) in [6, 6.07) is 0. The summed E-state index contributed by atoms with van der Waals surface area (Å²) >= 11 is 0. The lowest BCUT2D eigenvalue weighted by atomic mass is 10.1. The Labute approximate surface area is 75.0 Å². The first-order valence-electron chi connectivity index (χ1n) is 3.74. The number of hydrogen-bond acceptors (Lipinski definition) is 6. The highest BCUT2D eigenvalue weighted by molar-refractivity contribution is 5.75. The Bertz CT molecular complexity index is 193. The molecule has 1 aliphatic heterocycles. The third-order valence-electron chi connectivity index (χ3n) is 1.89. The molecule has 0 spiro atoms. The molecular formula is C7H12O6. The van der Waals surface area contributed by atoms with Gasteiger partial charge in [0.25, 0.3) is 0 Å². The number of rotatable bonds is 2. The minimum Gasteiger partial charge on any atom is -0.467 e. The second kappa shape index (κ2) is 4.01. The molecule has 1 fully saturated rings. The molecule has 1 aliphatic rings. The molecule has 6 heteroatoms. The SMILES string of the molecule is COC(=O)[C@H]1O[C@@H](OC)[C@H](O)[C@@H]1O. The van der Waals surface area contributed by atoms with Crippen LogP contribution in [0.25, 0.3) is 0 Å². The second-order valence-corrected chi connectivity index (χ2v) is 2.67. The number of aliphatic hydroxyl groups excluding tert-OH is 2. The topological polar surface area (TPSA) is 85.2 Å². The monoisotopic (exact) mass is 192 g/mol. The van der Waals surface area contributed by atoms with Gasteiger partial charge in [0.2, 0.25) is 0 Å². The number of esters is 1. The Balaban J connectivity index is 2.65. The van der Waals surface area contributed by atoms with Crippen molar-refractivity contribution in [1.29, 1.82) is 0 Å². The van der Waals surface area contributed by atoms with Crippen LogP contribution in [-0.4, -0.2) is 55.0 Å².